The van der Waals surface area contributed by atoms with Crippen LogP contribution in [0.1, 0.15) is 24.2 Å². The first-order chi connectivity index (χ1) is 9.65. The van der Waals surface area contributed by atoms with Gasteiger partial charge in [-0.15, -0.1) is 0 Å². The van der Waals surface area contributed by atoms with E-state index >= 15 is 0 Å². The monoisotopic (exact) mass is 270 g/mol. The van der Waals surface area contributed by atoms with E-state index in [0.717, 1.165) is 16.9 Å². The maximum atomic E-state index is 11.3. The van der Waals surface area contributed by atoms with Crippen molar-refractivity contribution >= 4 is 5.78 Å². The zero-order valence-electron chi connectivity index (χ0n) is 12.0. The fourth-order valence-electron chi connectivity index (χ4n) is 2.02. The first-order valence-electron chi connectivity index (χ1n) is 6.58. The summed E-state index contributed by atoms with van der Waals surface area (Å²) in [5.41, 5.74) is 2.78. The predicted molar refractivity (Wildman–Crippen MR) is 79.6 cm³/mol. The number of ether oxygens (including phenoxy) is 2. The molecule has 0 saturated heterocycles. The Morgan fingerprint density at radius 1 is 1.00 bits per heavy atom. The van der Waals surface area contributed by atoms with Gasteiger partial charge in [-0.25, -0.2) is 0 Å². The van der Waals surface area contributed by atoms with Crippen LogP contribution >= 0.6 is 0 Å². The van der Waals surface area contributed by atoms with Gasteiger partial charge < -0.3 is 9.47 Å². The molecule has 0 aliphatic rings. The standard InChI is InChI=1S/C17H18O3/c1-4-20-16-10-9-15(11-17(16)19-3)14-7-5-13(6-8-14)12(2)18/h5-11H,4H2,1-3H3. The molecule has 0 spiro atoms. The highest BCUT2D eigenvalue weighted by Gasteiger charge is 2.07. The third-order valence-electron chi connectivity index (χ3n) is 3.09. The number of Topliss-reactive ketones (excluding diaryl/α,β-unsaturated/α-hetero) is 1. The van der Waals surface area contributed by atoms with Crippen LogP contribution < -0.4 is 9.47 Å². The van der Waals surface area contributed by atoms with E-state index in [1.807, 2.05) is 49.4 Å². The predicted octanol–water partition coefficient (Wildman–Crippen LogP) is 3.96. The Morgan fingerprint density at radius 2 is 1.65 bits per heavy atom. The highest BCUT2D eigenvalue weighted by Crippen LogP contribution is 2.32. The Labute approximate surface area is 119 Å². The lowest BCUT2D eigenvalue weighted by molar-refractivity contribution is 0.101. The van der Waals surface area contributed by atoms with E-state index in [1.54, 1.807) is 14.0 Å². The van der Waals surface area contributed by atoms with Gasteiger partial charge in [0.15, 0.2) is 17.3 Å². The molecule has 0 aliphatic heterocycles. The Balaban J connectivity index is 2.35. The SMILES string of the molecule is CCOc1ccc(-c2ccc(C(C)=O)cc2)cc1OC. The lowest BCUT2D eigenvalue weighted by Crippen LogP contribution is -1.95. The Hall–Kier alpha value is -2.29. The van der Waals surface area contributed by atoms with Gasteiger partial charge in [0.2, 0.25) is 0 Å². The second kappa shape index (κ2) is 6.24. The van der Waals surface area contributed by atoms with E-state index < -0.39 is 0 Å². The van der Waals surface area contributed by atoms with Crippen LogP contribution in [0.3, 0.4) is 0 Å². The van der Waals surface area contributed by atoms with Gasteiger partial charge in [-0.05, 0) is 37.1 Å². The van der Waals surface area contributed by atoms with Gasteiger partial charge in [0.1, 0.15) is 0 Å². The van der Waals surface area contributed by atoms with Crippen molar-refractivity contribution in [1.82, 2.24) is 0 Å². The summed E-state index contributed by atoms with van der Waals surface area (Å²) in [6.07, 6.45) is 0. The Bertz CT molecular complexity index is 600. The van der Waals surface area contributed by atoms with Crippen LogP contribution in [0, 0.1) is 0 Å². The molecule has 2 aromatic carbocycles. The summed E-state index contributed by atoms with van der Waals surface area (Å²) in [6, 6.07) is 13.4. The molecule has 0 bridgehead atoms. The van der Waals surface area contributed by atoms with Crippen LogP contribution in [0.5, 0.6) is 11.5 Å². The van der Waals surface area contributed by atoms with Crippen molar-refractivity contribution in [2.75, 3.05) is 13.7 Å². The van der Waals surface area contributed by atoms with Gasteiger partial charge in [-0.3, -0.25) is 4.79 Å². The second-order valence-electron chi connectivity index (χ2n) is 4.43. The fraction of sp³-hybridized carbons (Fsp3) is 0.235. The lowest BCUT2D eigenvalue weighted by Gasteiger charge is -2.11. The average Bonchev–Trinajstić information content (AvgIpc) is 2.48. The molecule has 2 rings (SSSR count). The number of carbonyl (C=O) groups excluding carboxylic acids is 1. The molecule has 0 amide bonds. The smallest absolute Gasteiger partial charge is 0.161 e. The highest BCUT2D eigenvalue weighted by atomic mass is 16.5. The van der Waals surface area contributed by atoms with Crippen LogP contribution in [0.4, 0.5) is 0 Å². The summed E-state index contributed by atoms with van der Waals surface area (Å²) < 4.78 is 10.8. The van der Waals surface area contributed by atoms with Crippen LogP contribution in [0.2, 0.25) is 0 Å². The number of ketones is 1. The van der Waals surface area contributed by atoms with Gasteiger partial charge in [-0.1, -0.05) is 30.3 Å². The molecule has 3 heteroatoms. The minimum Gasteiger partial charge on any atom is -0.493 e. The summed E-state index contributed by atoms with van der Waals surface area (Å²) in [5.74, 6) is 1.51. The Morgan fingerprint density at radius 3 is 2.20 bits per heavy atom. The summed E-state index contributed by atoms with van der Waals surface area (Å²) >= 11 is 0. The first kappa shape index (κ1) is 14.1. The van der Waals surface area contributed by atoms with Gasteiger partial charge in [0.05, 0.1) is 13.7 Å². The summed E-state index contributed by atoms with van der Waals surface area (Å²) in [4.78, 5) is 11.3. The molecule has 0 aliphatic carbocycles. The van der Waals surface area contributed by atoms with Gasteiger partial charge in [0.25, 0.3) is 0 Å². The van der Waals surface area contributed by atoms with E-state index in [0.29, 0.717) is 17.9 Å². The van der Waals surface area contributed by atoms with Gasteiger partial charge >= 0.3 is 0 Å². The molecule has 0 saturated carbocycles. The van der Waals surface area contributed by atoms with Crippen LogP contribution in [-0.2, 0) is 0 Å². The zero-order valence-corrected chi connectivity index (χ0v) is 12.0. The number of methoxy groups -OCH3 is 1. The second-order valence-corrected chi connectivity index (χ2v) is 4.43. The van der Waals surface area contributed by atoms with Crippen LogP contribution in [0.15, 0.2) is 42.5 Å². The molecule has 0 atom stereocenters. The number of carbonyl (C=O) groups is 1. The van der Waals surface area contributed by atoms with E-state index in [2.05, 4.69) is 0 Å². The topological polar surface area (TPSA) is 35.5 Å². The fourth-order valence-corrected chi connectivity index (χ4v) is 2.02. The highest BCUT2D eigenvalue weighted by molar-refractivity contribution is 5.94. The quantitative estimate of drug-likeness (QED) is 0.771. The maximum absolute atomic E-state index is 11.3. The number of rotatable bonds is 5. The summed E-state index contributed by atoms with van der Waals surface area (Å²) in [7, 11) is 1.63. The molecule has 0 N–H and O–H groups in total. The molecule has 20 heavy (non-hydrogen) atoms. The molecule has 0 aromatic heterocycles. The largest absolute Gasteiger partial charge is 0.493 e. The lowest BCUT2D eigenvalue weighted by atomic mass is 10.0. The first-order valence-corrected chi connectivity index (χ1v) is 6.58. The van der Waals surface area contributed by atoms with Crippen molar-refractivity contribution in [3.8, 4) is 22.6 Å². The van der Waals surface area contributed by atoms with E-state index in [9.17, 15) is 4.79 Å². The van der Waals surface area contributed by atoms with Crippen LogP contribution in [-0.4, -0.2) is 19.5 Å². The molecular formula is C17H18O3. The van der Waals surface area contributed by atoms with Crippen molar-refractivity contribution in [2.45, 2.75) is 13.8 Å². The van der Waals surface area contributed by atoms with Crippen molar-refractivity contribution < 1.29 is 14.3 Å². The van der Waals surface area contributed by atoms with Gasteiger partial charge in [-0.2, -0.15) is 0 Å². The maximum Gasteiger partial charge on any atom is 0.161 e. The number of benzene rings is 2. The summed E-state index contributed by atoms with van der Waals surface area (Å²) in [6.45, 7) is 4.10. The third kappa shape index (κ3) is 2.99. The third-order valence-corrected chi connectivity index (χ3v) is 3.09. The molecule has 104 valence electrons. The van der Waals surface area contributed by atoms with Crippen molar-refractivity contribution in [1.29, 1.82) is 0 Å². The summed E-state index contributed by atoms with van der Waals surface area (Å²) in [5, 5.41) is 0. The van der Waals surface area contributed by atoms with Gasteiger partial charge in [0, 0.05) is 5.56 Å². The van der Waals surface area contributed by atoms with E-state index in [4.69, 9.17) is 9.47 Å². The number of hydrogen-bond acceptors (Lipinski definition) is 3. The number of hydrogen-bond donors (Lipinski definition) is 0. The minimum atomic E-state index is 0.0702. The van der Waals surface area contributed by atoms with Crippen LogP contribution in [0.25, 0.3) is 11.1 Å². The molecule has 0 radical (unpaired) electrons. The molecule has 0 heterocycles. The van der Waals surface area contributed by atoms with Crippen molar-refractivity contribution in [3.63, 3.8) is 0 Å². The van der Waals surface area contributed by atoms with E-state index in [-0.39, 0.29) is 5.78 Å². The molecule has 3 nitrogen and oxygen atoms in total. The normalized spacial score (nSPS) is 10.2. The zero-order chi connectivity index (χ0) is 14.5. The van der Waals surface area contributed by atoms with Crippen molar-refractivity contribution in [3.05, 3.63) is 48.0 Å². The molecule has 2 aromatic rings. The molecular weight excluding hydrogens is 252 g/mol. The van der Waals surface area contributed by atoms with Crippen molar-refractivity contribution in [2.24, 2.45) is 0 Å². The Kier molecular flexibility index (Phi) is 4.41. The minimum absolute atomic E-state index is 0.0702. The molecule has 0 unspecified atom stereocenters. The molecule has 0 fully saturated rings. The van der Waals surface area contributed by atoms with E-state index in [1.165, 1.54) is 0 Å². The average molecular weight is 270 g/mol.